The fourth-order valence-electron chi connectivity index (χ4n) is 7.27. The quantitative estimate of drug-likeness (QED) is 0.303. The molecule has 1 aliphatic heterocycles. The molecule has 0 spiro atoms. The van der Waals surface area contributed by atoms with E-state index < -0.39 is 41.7 Å². The Morgan fingerprint density at radius 3 is 2.42 bits per heavy atom. The average Bonchev–Trinajstić information content (AvgIpc) is 2.73. The molecule has 3 rings (SSSR count). The van der Waals surface area contributed by atoms with Crippen LogP contribution in [0.5, 0.6) is 0 Å². The maximum atomic E-state index is 11.7. The second kappa shape index (κ2) is 10.2. The third kappa shape index (κ3) is 5.19. The highest BCUT2D eigenvalue weighted by Gasteiger charge is 2.63. The van der Waals surface area contributed by atoms with Crippen molar-refractivity contribution in [1.82, 2.24) is 0 Å². The zero-order valence-electron chi connectivity index (χ0n) is 20.5. The van der Waals surface area contributed by atoms with Crippen molar-refractivity contribution in [2.75, 3.05) is 19.8 Å². The first-order valence-corrected chi connectivity index (χ1v) is 12.3. The molecule has 10 unspecified atom stereocenters. The predicted octanol–water partition coefficient (Wildman–Crippen LogP) is 1.11. The first-order valence-electron chi connectivity index (χ1n) is 12.3. The minimum atomic E-state index is -1.40. The molecular formula is C25H44O8. The van der Waals surface area contributed by atoms with Gasteiger partial charge in [0.2, 0.25) is 0 Å². The number of aliphatic hydroxyl groups is 6. The van der Waals surface area contributed by atoms with Crippen LogP contribution in [0.15, 0.2) is 11.6 Å². The average molecular weight is 473 g/mol. The van der Waals surface area contributed by atoms with Gasteiger partial charge in [-0.25, -0.2) is 0 Å². The van der Waals surface area contributed by atoms with Crippen LogP contribution < -0.4 is 0 Å². The van der Waals surface area contributed by atoms with E-state index in [1.54, 1.807) is 6.08 Å². The van der Waals surface area contributed by atoms with Crippen molar-refractivity contribution in [3.05, 3.63) is 11.6 Å². The van der Waals surface area contributed by atoms with Crippen molar-refractivity contribution in [3.63, 3.8) is 0 Å². The summed E-state index contributed by atoms with van der Waals surface area (Å²) in [7, 11) is 0. The summed E-state index contributed by atoms with van der Waals surface area (Å²) >= 11 is 0. The van der Waals surface area contributed by atoms with E-state index in [2.05, 4.69) is 13.8 Å². The zero-order chi connectivity index (χ0) is 24.6. The molecule has 0 radical (unpaired) electrons. The number of hydrogen-bond acceptors (Lipinski definition) is 8. The summed E-state index contributed by atoms with van der Waals surface area (Å²) in [4.78, 5) is 0. The number of allylic oxidation sites excluding steroid dienone is 1. The molecule has 0 bridgehead atoms. The molecule has 6 N–H and O–H groups in total. The van der Waals surface area contributed by atoms with E-state index in [9.17, 15) is 30.6 Å². The summed E-state index contributed by atoms with van der Waals surface area (Å²) in [5.74, 6) is -0.149. The van der Waals surface area contributed by atoms with E-state index in [0.717, 1.165) is 37.7 Å². The Morgan fingerprint density at radius 2 is 1.79 bits per heavy atom. The molecular weight excluding hydrogens is 428 g/mol. The second-order valence-electron chi connectivity index (χ2n) is 11.5. The standard InChI is InChI=1S/C25H44O8/c1-15(8-11-26)6-7-18-24(3)10-5-9-23(2,14-27)21(24)17(12-25(18,4)31)33-22-20(30)19(29)16(28)13-32-22/h8,16-22,26-31H,5-7,9-14H2,1-4H3. The molecule has 1 heterocycles. The molecule has 8 nitrogen and oxygen atoms in total. The number of hydrogen-bond donors (Lipinski definition) is 6. The van der Waals surface area contributed by atoms with Crippen LogP contribution in [0.1, 0.15) is 66.2 Å². The van der Waals surface area contributed by atoms with Crippen molar-refractivity contribution in [2.24, 2.45) is 22.7 Å². The van der Waals surface area contributed by atoms with Crippen molar-refractivity contribution >= 4 is 0 Å². The van der Waals surface area contributed by atoms with Crippen LogP contribution in [0.2, 0.25) is 0 Å². The monoisotopic (exact) mass is 472 g/mol. The summed E-state index contributed by atoms with van der Waals surface area (Å²) in [5, 5.41) is 61.7. The third-order valence-electron chi connectivity index (χ3n) is 8.85. The molecule has 0 aromatic heterocycles. The molecule has 2 saturated carbocycles. The van der Waals surface area contributed by atoms with Crippen molar-refractivity contribution < 1.29 is 40.1 Å². The summed E-state index contributed by atoms with van der Waals surface area (Å²) in [6.45, 7) is 7.90. The van der Waals surface area contributed by atoms with Gasteiger partial charge in [0.15, 0.2) is 6.29 Å². The van der Waals surface area contributed by atoms with Gasteiger partial charge in [0, 0.05) is 13.0 Å². The summed E-state index contributed by atoms with van der Waals surface area (Å²) in [6.07, 6.45) is 0.679. The Kier molecular flexibility index (Phi) is 8.34. The van der Waals surface area contributed by atoms with E-state index in [-0.39, 0.29) is 37.1 Å². The Hall–Kier alpha value is -0.580. The molecule has 8 heteroatoms. The lowest BCUT2D eigenvalue weighted by Crippen LogP contribution is -2.65. The maximum Gasteiger partial charge on any atom is 0.186 e. The van der Waals surface area contributed by atoms with Gasteiger partial charge in [-0.1, -0.05) is 31.9 Å². The summed E-state index contributed by atoms with van der Waals surface area (Å²) in [5.41, 5.74) is -0.737. The molecule has 0 aromatic carbocycles. The highest BCUT2D eigenvalue weighted by Crippen LogP contribution is 2.63. The zero-order valence-corrected chi connectivity index (χ0v) is 20.5. The van der Waals surface area contributed by atoms with E-state index in [0.29, 0.717) is 6.42 Å². The lowest BCUT2D eigenvalue weighted by Gasteiger charge is -2.64. The molecule has 0 aromatic rings. The van der Waals surface area contributed by atoms with Gasteiger partial charge in [-0.05, 0) is 62.2 Å². The Labute approximate surface area is 197 Å². The molecule has 33 heavy (non-hydrogen) atoms. The van der Waals surface area contributed by atoms with Gasteiger partial charge in [-0.15, -0.1) is 0 Å². The highest BCUT2D eigenvalue weighted by molar-refractivity contribution is 5.13. The largest absolute Gasteiger partial charge is 0.396 e. The third-order valence-corrected chi connectivity index (χ3v) is 8.85. The Balaban J connectivity index is 1.93. The van der Waals surface area contributed by atoms with Gasteiger partial charge < -0.3 is 40.1 Å². The van der Waals surface area contributed by atoms with Gasteiger partial charge >= 0.3 is 0 Å². The number of fused-ring (bicyclic) bond motifs is 1. The van der Waals surface area contributed by atoms with Crippen molar-refractivity contribution in [3.8, 4) is 0 Å². The number of ether oxygens (including phenoxy) is 2. The Bertz CT molecular complexity index is 696. The van der Waals surface area contributed by atoms with Gasteiger partial charge in [0.1, 0.15) is 18.3 Å². The minimum Gasteiger partial charge on any atom is -0.396 e. The SMILES string of the molecule is CC(=CCO)CCC1C(C)(O)CC(OC2OCC(O)C(O)C2O)C2C(C)(CO)CCCC12C. The molecule has 3 fully saturated rings. The van der Waals surface area contributed by atoms with E-state index in [4.69, 9.17) is 9.47 Å². The van der Waals surface area contributed by atoms with Crippen LogP contribution in [0.3, 0.4) is 0 Å². The van der Waals surface area contributed by atoms with Crippen LogP contribution >= 0.6 is 0 Å². The van der Waals surface area contributed by atoms with Crippen LogP contribution in [-0.2, 0) is 9.47 Å². The lowest BCUT2D eigenvalue weighted by molar-refractivity contribution is -0.318. The van der Waals surface area contributed by atoms with Crippen LogP contribution in [-0.4, -0.2) is 86.8 Å². The number of rotatable bonds is 7. The van der Waals surface area contributed by atoms with Gasteiger partial charge in [0.05, 0.1) is 24.9 Å². The summed E-state index contributed by atoms with van der Waals surface area (Å²) in [6, 6.07) is 0. The lowest BCUT2D eigenvalue weighted by atomic mass is 9.44. The molecule has 10 atom stereocenters. The second-order valence-corrected chi connectivity index (χ2v) is 11.5. The van der Waals surface area contributed by atoms with Gasteiger partial charge in [-0.2, -0.15) is 0 Å². The first-order chi connectivity index (χ1) is 15.4. The predicted molar refractivity (Wildman–Crippen MR) is 122 cm³/mol. The summed E-state index contributed by atoms with van der Waals surface area (Å²) < 4.78 is 11.8. The van der Waals surface area contributed by atoms with Crippen LogP contribution in [0, 0.1) is 22.7 Å². The minimum absolute atomic E-state index is 0.00442. The van der Waals surface area contributed by atoms with Crippen LogP contribution in [0.25, 0.3) is 0 Å². The number of aliphatic hydroxyl groups excluding tert-OH is 5. The molecule has 1 saturated heterocycles. The van der Waals surface area contributed by atoms with E-state index >= 15 is 0 Å². The molecule has 0 amide bonds. The van der Waals surface area contributed by atoms with Gasteiger partial charge in [0.25, 0.3) is 0 Å². The topological polar surface area (TPSA) is 140 Å². The fourth-order valence-corrected chi connectivity index (χ4v) is 7.27. The smallest absolute Gasteiger partial charge is 0.186 e. The van der Waals surface area contributed by atoms with Crippen molar-refractivity contribution in [2.45, 2.75) is 103 Å². The highest BCUT2D eigenvalue weighted by atomic mass is 16.7. The van der Waals surface area contributed by atoms with Crippen LogP contribution in [0.4, 0.5) is 0 Å². The van der Waals surface area contributed by atoms with Crippen molar-refractivity contribution in [1.29, 1.82) is 0 Å². The van der Waals surface area contributed by atoms with E-state index in [1.165, 1.54) is 0 Å². The first kappa shape index (κ1) is 27.0. The Morgan fingerprint density at radius 1 is 1.09 bits per heavy atom. The normalized spacial score (nSPS) is 49.0. The molecule has 3 aliphatic rings. The molecule has 2 aliphatic carbocycles. The maximum absolute atomic E-state index is 11.7. The molecule has 192 valence electrons. The van der Waals surface area contributed by atoms with E-state index in [1.807, 2.05) is 13.8 Å². The fraction of sp³-hybridized carbons (Fsp3) is 0.920. The van der Waals surface area contributed by atoms with Gasteiger partial charge in [-0.3, -0.25) is 0 Å².